The molecule has 0 saturated carbocycles. The number of hydrogen-bond acceptors (Lipinski definition) is 5. The summed E-state index contributed by atoms with van der Waals surface area (Å²) in [7, 11) is 0. The fourth-order valence-electron chi connectivity index (χ4n) is 4.24. The maximum Gasteiger partial charge on any atom is 0.137 e. The molecule has 1 atom stereocenters. The number of rotatable bonds is 8. The summed E-state index contributed by atoms with van der Waals surface area (Å²) >= 11 is 0. The van der Waals surface area contributed by atoms with Gasteiger partial charge < -0.3 is 15.4 Å². The zero-order valence-electron chi connectivity index (χ0n) is 18.5. The highest BCUT2D eigenvalue weighted by Gasteiger charge is 2.24. The second kappa shape index (κ2) is 10.6. The topological polar surface area (TPSA) is 62.5 Å². The number of halogens is 2. The normalized spacial score (nSPS) is 15.9. The van der Waals surface area contributed by atoms with Crippen molar-refractivity contribution in [2.45, 2.75) is 18.9 Å². The van der Waals surface area contributed by atoms with E-state index in [2.05, 4.69) is 14.8 Å². The van der Waals surface area contributed by atoms with Gasteiger partial charge in [0.2, 0.25) is 0 Å². The van der Waals surface area contributed by atoms with Crippen LogP contribution >= 0.6 is 0 Å². The van der Waals surface area contributed by atoms with Crippen LogP contribution in [0.5, 0.6) is 0 Å². The molecule has 2 heterocycles. The van der Waals surface area contributed by atoms with Gasteiger partial charge in [-0.15, -0.1) is 0 Å². The molecule has 3 aromatic rings. The van der Waals surface area contributed by atoms with Gasteiger partial charge >= 0.3 is 0 Å². The first-order chi connectivity index (χ1) is 16.0. The van der Waals surface area contributed by atoms with Crippen LogP contribution < -0.4 is 5.73 Å². The van der Waals surface area contributed by atoms with Crippen LogP contribution in [0.3, 0.4) is 0 Å². The molecule has 2 aromatic carbocycles. The van der Waals surface area contributed by atoms with Crippen molar-refractivity contribution in [2.24, 2.45) is 0 Å². The number of nitrogen functional groups attached to an aromatic ring is 1. The van der Waals surface area contributed by atoms with E-state index in [-0.39, 0.29) is 17.7 Å². The Morgan fingerprint density at radius 2 is 1.76 bits per heavy atom. The first-order valence-electron chi connectivity index (χ1n) is 11.2. The molecule has 33 heavy (non-hydrogen) atoms. The van der Waals surface area contributed by atoms with Gasteiger partial charge in [-0.1, -0.05) is 30.3 Å². The number of aromatic nitrogens is 1. The Bertz CT molecular complexity index is 1080. The number of benzene rings is 2. The second-order valence-corrected chi connectivity index (χ2v) is 8.42. The molecule has 172 valence electrons. The summed E-state index contributed by atoms with van der Waals surface area (Å²) in [5.41, 5.74) is 8.71. The minimum Gasteiger partial charge on any atom is -0.384 e. The molecule has 1 saturated heterocycles. The number of nitrogens with two attached hydrogens (primary N) is 1. The molecular weight excluding hydrogens is 422 g/mol. The summed E-state index contributed by atoms with van der Waals surface area (Å²) in [6.07, 6.45) is 2.16. The van der Waals surface area contributed by atoms with Crippen molar-refractivity contribution in [2.75, 3.05) is 38.5 Å². The smallest absolute Gasteiger partial charge is 0.137 e. The molecule has 0 bridgehead atoms. The van der Waals surface area contributed by atoms with E-state index in [1.54, 1.807) is 24.3 Å². The Hall–Kier alpha value is -3.16. The number of carbonyl (C=O) groups excluding carboxylic acids is 1. The average molecular weight is 451 g/mol. The van der Waals surface area contributed by atoms with Crippen molar-refractivity contribution in [1.29, 1.82) is 0 Å². The van der Waals surface area contributed by atoms with Crippen molar-refractivity contribution in [1.82, 2.24) is 14.8 Å². The molecule has 1 aromatic heterocycles. The Labute approximate surface area is 192 Å². The minimum atomic E-state index is -0.275. The Morgan fingerprint density at radius 3 is 2.42 bits per heavy atom. The SMILES string of the molecule is Nc1cccc(-c2ccc(CCN3CCN(C(C=O)Cc4ccc(F)cc4)CC3)c(F)c2)n1. The first-order valence-corrected chi connectivity index (χ1v) is 11.2. The van der Waals surface area contributed by atoms with Crippen LogP contribution in [-0.2, 0) is 17.6 Å². The van der Waals surface area contributed by atoms with Crippen LogP contribution in [0.4, 0.5) is 14.6 Å². The molecule has 7 heteroatoms. The van der Waals surface area contributed by atoms with E-state index in [0.717, 1.165) is 44.6 Å². The lowest BCUT2D eigenvalue weighted by atomic mass is 10.0. The van der Waals surface area contributed by atoms with Crippen LogP contribution in [0.2, 0.25) is 0 Å². The van der Waals surface area contributed by atoms with Crippen LogP contribution in [0.25, 0.3) is 11.3 Å². The van der Waals surface area contributed by atoms with Crippen molar-refractivity contribution in [3.63, 3.8) is 0 Å². The zero-order valence-corrected chi connectivity index (χ0v) is 18.5. The monoisotopic (exact) mass is 450 g/mol. The summed E-state index contributed by atoms with van der Waals surface area (Å²) in [6, 6.07) is 16.6. The molecule has 1 aliphatic rings. The van der Waals surface area contributed by atoms with E-state index in [1.807, 2.05) is 18.2 Å². The summed E-state index contributed by atoms with van der Waals surface area (Å²) in [5.74, 6) is -0.108. The Balaban J connectivity index is 1.28. The molecule has 0 radical (unpaired) electrons. The Morgan fingerprint density at radius 1 is 1.00 bits per heavy atom. The Kier molecular flexibility index (Phi) is 7.42. The highest BCUT2D eigenvalue weighted by molar-refractivity contribution is 5.61. The van der Waals surface area contributed by atoms with E-state index in [4.69, 9.17) is 5.73 Å². The van der Waals surface area contributed by atoms with Gasteiger partial charge in [0, 0.05) is 38.3 Å². The van der Waals surface area contributed by atoms with Crippen LogP contribution in [-0.4, -0.2) is 59.8 Å². The zero-order chi connectivity index (χ0) is 23.2. The fraction of sp³-hybridized carbons (Fsp3) is 0.308. The number of pyridine rings is 1. The average Bonchev–Trinajstić information content (AvgIpc) is 2.83. The van der Waals surface area contributed by atoms with E-state index in [0.29, 0.717) is 35.5 Å². The molecular formula is C26H28F2N4O. The largest absolute Gasteiger partial charge is 0.384 e. The summed E-state index contributed by atoms with van der Waals surface area (Å²) in [4.78, 5) is 20.4. The molecule has 2 N–H and O–H groups in total. The third-order valence-corrected chi connectivity index (χ3v) is 6.21. The van der Waals surface area contributed by atoms with E-state index in [9.17, 15) is 13.6 Å². The van der Waals surface area contributed by atoms with Crippen LogP contribution in [0.15, 0.2) is 60.7 Å². The number of carbonyl (C=O) groups is 1. The van der Waals surface area contributed by atoms with Gasteiger partial charge in [-0.25, -0.2) is 13.8 Å². The predicted molar refractivity (Wildman–Crippen MR) is 126 cm³/mol. The van der Waals surface area contributed by atoms with Gasteiger partial charge in [-0.2, -0.15) is 0 Å². The summed E-state index contributed by atoms with van der Waals surface area (Å²) in [5, 5.41) is 0. The lowest BCUT2D eigenvalue weighted by Gasteiger charge is -2.37. The third kappa shape index (κ3) is 6.00. The number of piperazine rings is 1. The first kappa shape index (κ1) is 23.0. The fourth-order valence-corrected chi connectivity index (χ4v) is 4.24. The van der Waals surface area contributed by atoms with Gasteiger partial charge in [0.25, 0.3) is 0 Å². The second-order valence-electron chi connectivity index (χ2n) is 8.42. The molecule has 1 aliphatic heterocycles. The standard InChI is InChI=1S/C26H28F2N4O/c27-22-8-4-19(5-9-22)16-23(18-33)32-14-12-31(13-15-32)11-10-20-6-7-21(17-24(20)28)25-2-1-3-26(29)30-25/h1-9,17-18,23H,10-16H2,(H2,29,30). The lowest BCUT2D eigenvalue weighted by Crippen LogP contribution is -2.51. The van der Waals surface area contributed by atoms with Gasteiger partial charge in [0.05, 0.1) is 11.7 Å². The molecule has 4 rings (SSSR count). The van der Waals surface area contributed by atoms with Crippen LogP contribution in [0, 0.1) is 11.6 Å². The molecule has 1 unspecified atom stereocenters. The summed E-state index contributed by atoms with van der Waals surface area (Å²) < 4.78 is 27.8. The number of aldehydes is 1. The van der Waals surface area contributed by atoms with Crippen LogP contribution in [0.1, 0.15) is 11.1 Å². The predicted octanol–water partition coefficient (Wildman–Crippen LogP) is 3.58. The maximum atomic E-state index is 14.7. The number of nitrogens with zero attached hydrogens (tertiary/aromatic N) is 3. The molecule has 1 fully saturated rings. The van der Waals surface area contributed by atoms with Gasteiger partial charge in [0.15, 0.2) is 0 Å². The third-order valence-electron chi connectivity index (χ3n) is 6.21. The number of hydrogen-bond donors (Lipinski definition) is 1. The summed E-state index contributed by atoms with van der Waals surface area (Å²) in [6.45, 7) is 3.94. The van der Waals surface area contributed by atoms with Gasteiger partial charge in [-0.3, -0.25) is 4.90 Å². The highest BCUT2D eigenvalue weighted by Crippen LogP contribution is 2.22. The number of anilines is 1. The van der Waals surface area contributed by atoms with E-state index >= 15 is 0 Å². The molecule has 5 nitrogen and oxygen atoms in total. The van der Waals surface area contributed by atoms with Crippen molar-refractivity contribution in [3.05, 3.63) is 83.4 Å². The van der Waals surface area contributed by atoms with Gasteiger partial charge in [0.1, 0.15) is 23.7 Å². The maximum absolute atomic E-state index is 14.7. The quantitative estimate of drug-likeness (QED) is 0.532. The lowest BCUT2D eigenvalue weighted by molar-refractivity contribution is -0.113. The highest BCUT2D eigenvalue weighted by atomic mass is 19.1. The van der Waals surface area contributed by atoms with Crippen molar-refractivity contribution >= 4 is 12.1 Å². The molecule has 0 aliphatic carbocycles. The van der Waals surface area contributed by atoms with Crippen molar-refractivity contribution in [3.8, 4) is 11.3 Å². The van der Waals surface area contributed by atoms with Crippen molar-refractivity contribution < 1.29 is 13.6 Å². The molecule has 0 spiro atoms. The van der Waals surface area contributed by atoms with E-state index < -0.39 is 0 Å². The van der Waals surface area contributed by atoms with E-state index in [1.165, 1.54) is 18.2 Å². The molecule has 0 amide bonds. The minimum absolute atomic E-state index is 0.219. The van der Waals surface area contributed by atoms with Gasteiger partial charge in [-0.05, 0) is 54.3 Å².